The maximum absolute atomic E-state index is 13.5. The minimum absolute atomic E-state index is 0.0376. The van der Waals surface area contributed by atoms with E-state index in [9.17, 15) is 9.59 Å². The molecule has 166 valence electrons. The Morgan fingerprint density at radius 2 is 1.91 bits per heavy atom. The van der Waals surface area contributed by atoms with Crippen molar-refractivity contribution in [2.24, 2.45) is 0 Å². The third-order valence-electron chi connectivity index (χ3n) is 6.59. The molecule has 7 nitrogen and oxygen atoms in total. The van der Waals surface area contributed by atoms with Crippen molar-refractivity contribution < 1.29 is 19.1 Å². The number of hydrogen-bond acceptors (Lipinski definition) is 5. The number of methoxy groups -OCH3 is 2. The molecule has 0 bridgehead atoms. The van der Waals surface area contributed by atoms with Crippen molar-refractivity contribution in [3.8, 4) is 11.5 Å². The normalized spacial score (nSPS) is 21.3. The van der Waals surface area contributed by atoms with E-state index >= 15 is 0 Å². The fourth-order valence-electron chi connectivity index (χ4n) is 4.99. The van der Waals surface area contributed by atoms with Gasteiger partial charge in [-0.05, 0) is 49.2 Å². The molecule has 32 heavy (non-hydrogen) atoms. The van der Waals surface area contributed by atoms with Crippen LogP contribution in [0.2, 0.25) is 5.02 Å². The first-order valence-electron chi connectivity index (χ1n) is 10.6. The number of fused-ring (bicyclic) bond motifs is 3. The van der Waals surface area contributed by atoms with Crippen molar-refractivity contribution in [3.05, 3.63) is 52.7 Å². The summed E-state index contributed by atoms with van der Waals surface area (Å²) in [7, 11) is 3.07. The quantitative estimate of drug-likeness (QED) is 0.602. The SMILES string of the molecule is COc1ccc(N2C(=O)CC(N3CCc4c([nH]c5ccc(Cl)cc45)C3C)C2=O)c(OC)c1. The number of aromatic amines is 1. The Labute approximate surface area is 190 Å². The van der Waals surface area contributed by atoms with Gasteiger partial charge in [0.1, 0.15) is 11.5 Å². The van der Waals surface area contributed by atoms with Crippen molar-refractivity contribution in [3.63, 3.8) is 0 Å². The number of rotatable bonds is 4. The molecule has 8 heteroatoms. The summed E-state index contributed by atoms with van der Waals surface area (Å²) in [6.45, 7) is 2.76. The van der Waals surface area contributed by atoms with E-state index in [1.165, 1.54) is 17.6 Å². The van der Waals surface area contributed by atoms with Gasteiger partial charge in [0.2, 0.25) is 5.91 Å². The fraction of sp³-hybridized carbons (Fsp3) is 0.333. The van der Waals surface area contributed by atoms with Crippen LogP contribution in [-0.4, -0.2) is 48.5 Å². The second-order valence-corrected chi connectivity index (χ2v) is 8.63. The second kappa shape index (κ2) is 7.83. The van der Waals surface area contributed by atoms with Gasteiger partial charge in [0.15, 0.2) is 0 Å². The first-order chi connectivity index (χ1) is 15.4. The van der Waals surface area contributed by atoms with Gasteiger partial charge in [0.05, 0.1) is 32.4 Å². The lowest BCUT2D eigenvalue weighted by atomic mass is 9.96. The highest BCUT2D eigenvalue weighted by Crippen LogP contribution is 2.40. The van der Waals surface area contributed by atoms with E-state index in [1.807, 2.05) is 18.2 Å². The zero-order chi connectivity index (χ0) is 22.6. The van der Waals surface area contributed by atoms with Crippen LogP contribution in [0.15, 0.2) is 36.4 Å². The Kier molecular flexibility index (Phi) is 5.10. The van der Waals surface area contributed by atoms with Crippen LogP contribution < -0.4 is 14.4 Å². The van der Waals surface area contributed by atoms with Gasteiger partial charge in [-0.3, -0.25) is 14.5 Å². The highest BCUT2D eigenvalue weighted by atomic mass is 35.5. The number of hydrogen-bond donors (Lipinski definition) is 1. The van der Waals surface area contributed by atoms with Crippen LogP contribution >= 0.6 is 11.6 Å². The van der Waals surface area contributed by atoms with Crippen molar-refractivity contribution in [2.75, 3.05) is 25.7 Å². The Balaban J connectivity index is 1.46. The van der Waals surface area contributed by atoms with Gasteiger partial charge in [0, 0.05) is 40.3 Å². The average Bonchev–Trinajstić information content (AvgIpc) is 3.30. The molecule has 0 aliphatic carbocycles. The Bertz CT molecular complexity index is 1240. The summed E-state index contributed by atoms with van der Waals surface area (Å²) in [4.78, 5) is 33.3. The molecule has 1 aromatic heterocycles. The predicted molar refractivity (Wildman–Crippen MR) is 123 cm³/mol. The van der Waals surface area contributed by atoms with Crippen LogP contribution in [0.1, 0.15) is 30.6 Å². The van der Waals surface area contributed by atoms with Crippen molar-refractivity contribution in [1.82, 2.24) is 9.88 Å². The van der Waals surface area contributed by atoms with E-state index in [-0.39, 0.29) is 24.3 Å². The van der Waals surface area contributed by atoms with Crippen molar-refractivity contribution in [1.29, 1.82) is 0 Å². The molecule has 0 spiro atoms. The number of imide groups is 1. The van der Waals surface area contributed by atoms with Gasteiger partial charge in [-0.2, -0.15) is 0 Å². The smallest absolute Gasteiger partial charge is 0.251 e. The van der Waals surface area contributed by atoms with Gasteiger partial charge in [0.25, 0.3) is 5.91 Å². The van der Waals surface area contributed by atoms with Crippen molar-refractivity contribution >= 4 is 40.0 Å². The Morgan fingerprint density at radius 1 is 1.09 bits per heavy atom. The summed E-state index contributed by atoms with van der Waals surface area (Å²) in [6, 6.07) is 10.4. The number of benzene rings is 2. The number of anilines is 1. The number of nitrogens with zero attached hydrogens (tertiary/aromatic N) is 2. The lowest BCUT2D eigenvalue weighted by Gasteiger charge is -2.36. The van der Waals surface area contributed by atoms with Crippen LogP contribution in [0.4, 0.5) is 5.69 Å². The molecular formula is C24H24ClN3O4. The Hall–Kier alpha value is -3.03. The van der Waals surface area contributed by atoms with Crippen molar-refractivity contribution in [2.45, 2.75) is 31.8 Å². The largest absolute Gasteiger partial charge is 0.497 e. The average molecular weight is 454 g/mol. The number of carbonyl (C=O) groups is 2. The van der Waals surface area contributed by atoms with Crippen LogP contribution in [0.5, 0.6) is 11.5 Å². The molecule has 1 N–H and O–H groups in total. The summed E-state index contributed by atoms with van der Waals surface area (Å²) in [6.07, 6.45) is 0.920. The molecule has 0 radical (unpaired) electrons. The van der Waals surface area contributed by atoms with Crippen LogP contribution in [-0.2, 0) is 16.0 Å². The minimum Gasteiger partial charge on any atom is -0.497 e. The highest BCUT2D eigenvalue weighted by molar-refractivity contribution is 6.31. The van der Waals surface area contributed by atoms with Gasteiger partial charge in [-0.1, -0.05) is 11.6 Å². The molecule has 1 saturated heterocycles. The molecule has 0 saturated carbocycles. The number of ether oxygens (including phenoxy) is 2. The number of nitrogens with one attached hydrogen (secondary N) is 1. The van der Waals surface area contributed by atoms with E-state index in [0.29, 0.717) is 28.8 Å². The van der Waals surface area contributed by atoms with E-state index in [0.717, 1.165) is 23.0 Å². The van der Waals surface area contributed by atoms with Gasteiger partial charge >= 0.3 is 0 Å². The van der Waals surface area contributed by atoms with Gasteiger partial charge in [-0.15, -0.1) is 0 Å². The predicted octanol–water partition coefficient (Wildman–Crippen LogP) is 4.09. The van der Waals surface area contributed by atoms with E-state index in [1.54, 1.807) is 25.3 Å². The summed E-state index contributed by atoms with van der Waals surface area (Å²) < 4.78 is 10.7. The van der Waals surface area contributed by atoms with Gasteiger partial charge in [-0.25, -0.2) is 4.90 Å². The summed E-state index contributed by atoms with van der Waals surface area (Å²) in [5.41, 5.74) is 3.79. The van der Waals surface area contributed by atoms with E-state index in [2.05, 4.69) is 16.8 Å². The maximum atomic E-state index is 13.5. The first kappa shape index (κ1) is 20.8. The summed E-state index contributed by atoms with van der Waals surface area (Å²) in [5, 5.41) is 1.83. The molecule has 2 aromatic carbocycles. The molecule has 3 heterocycles. The molecule has 2 aliphatic rings. The second-order valence-electron chi connectivity index (χ2n) is 8.20. The summed E-state index contributed by atoms with van der Waals surface area (Å²) in [5.74, 6) is 0.559. The van der Waals surface area contributed by atoms with E-state index in [4.69, 9.17) is 21.1 Å². The topological polar surface area (TPSA) is 74.9 Å². The number of H-pyrrole nitrogens is 1. The number of amides is 2. The monoisotopic (exact) mass is 453 g/mol. The molecule has 2 aliphatic heterocycles. The van der Waals surface area contributed by atoms with Crippen LogP contribution in [0.3, 0.4) is 0 Å². The fourth-order valence-corrected chi connectivity index (χ4v) is 5.16. The first-order valence-corrected chi connectivity index (χ1v) is 10.9. The molecule has 2 unspecified atom stereocenters. The van der Waals surface area contributed by atoms with E-state index < -0.39 is 6.04 Å². The third kappa shape index (κ3) is 3.15. The standard InChI is InChI=1S/C24H24ClN3O4/c1-13-23-16(17-10-14(25)4-6-18(17)26-23)8-9-27(13)20-12-22(29)28(24(20)30)19-7-5-15(31-2)11-21(19)32-3/h4-7,10-11,13,20,26H,8-9,12H2,1-3H3. The number of halogens is 1. The minimum atomic E-state index is -0.521. The Morgan fingerprint density at radius 3 is 2.66 bits per heavy atom. The number of carbonyl (C=O) groups excluding carboxylic acids is 2. The molecule has 5 rings (SSSR count). The summed E-state index contributed by atoms with van der Waals surface area (Å²) >= 11 is 6.21. The highest BCUT2D eigenvalue weighted by Gasteiger charge is 2.46. The molecule has 3 aromatic rings. The lowest BCUT2D eigenvalue weighted by Crippen LogP contribution is -2.46. The molecule has 2 atom stereocenters. The molecule has 1 fully saturated rings. The van der Waals surface area contributed by atoms with Crippen LogP contribution in [0, 0.1) is 0 Å². The lowest BCUT2D eigenvalue weighted by molar-refractivity contribution is -0.123. The zero-order valence-corrected chi connectivity index (χ0v) is 18.9. The van der Waals surface area contributed by atoms with Crippen LogP contribution in [0.25, 0.3) is 10.9 Å². The third-order valence-corrected chi connectivity index (χ3v) is 6.82. The zero-order valence-electron chi connectivity index (χ0n) is 18.1. The maximum Gasteiger partial charge on any atom is 0.251 e. The number of aromatic nitrogens is 1. The molecule has 2 amide bonds. The molecular weight excluding hydrogens is 430 g/mol. The van der Waals surface area contributed by atoms with Gasteiger partial charge < -0.3 is 14.5 Å².